The van der Waals surface area contributed by atoms with Crippen LogP contribution in [0.4, 0.5) is 5.69 Å². The summed E-state index contributed by atoms with van der Waals surface area (Å²) >= 11 is 0. The summed E-state index contributed by atoms with van der Waals surface area (Å²) in [6.07, 6.45) is 3.55. The number of aromatic nitrogens is 1. The molecule has 0 atom stereocenters. The van der Waals surface area contributed by atoms with Crippen LogP contribution in [0, 0.1) is 13.8 Å². The lowest BCUT2D eigenvalue weighted by molar-refractivity contribution is 0.0951. The molecule has 0 saturated heterocycles. The van der Waals surface area contributed by atoms with Crippen molar-refractivity contribution >= 4 is 11.6 Å². The van der Waals surface area contributed by atoms with Crippen molar-refractivity contribution in [1.82, 2.24) is 10.3 Å². The average Bonchev–Trinajstić information content (AvgIpc) is 2.48. The minimum atomic E-state index is -0.0640. The number of anilines is 1. The van der Waals surface area contributed by atoms with Gasteiger partial charge in [0.15, 0.2) is 0 Å². The lowest BCUT2D eigenvalue weighted by atomic mass is 10.1. The predicted octanol–water partition coefficient (Wildman–Crippen LogP) is 3.06. The largest absolute Gasteiger partial charge is 0.385 e. The lowest BCUT2D eigenvalue weighted by Gasteiger charge is -2.12. The molecule has 1 amide bonds. The van der Waals surface area contributed by atoms with Crippen molar-refractivity contribution in [2.45, 2.75) is 27.3 Å². The van der Waals surface area contributed by atoms with Gasteiger partial charge in [-0.3, -0.25) is 9.78 Å². The van der Waals surface area contributed by atoms with Gasteiger partial charge in [0.1, 0.15) is 0 Å². The van der Waals surface area contributed by atoms with E-state index in [1.807, 2.05) is 45.0 Å². The first kappa shape index (κ1) is 15.0. The molecule has 1 aromatic heterocycles. The smallest absolute Gasteiger partial charge is 0.253 e. The summed E-state index contributed by atoms with van der Waals surface area (Å²) in [7, 11) is 0. The molecule has 0 aliphatic heterocycles. The molecule has 21 heavy (non-hydrogen) atoms. The number of rotatable bonds is 5. The highest BCUT2D eigenvalue weighted by atomic mass is 16.1. The molecular formula is C17H21N3O. The van der Waals surface area contributed by atoms with Gasteiger partial charge in [0.05, 0.1) is 5.56 Å². The molecule has 0 bridgehead atoms. The van der Waals surface area contributed by atoms with Crippen LogP contribution in [0.1, 0.15) is 34.0 Å². The second-order valence-corrected chi connectivity index (χ2v) is 5.06. The highest BCUT2D eigenvalue weighted by Crippen LogP contribution is 2.17. The second-order valence-electron chi connectivity index (χ2n) is 5.06. The van der Waals surface area contributed by atoms with E-state index in [0.29, 0.717) is 12.1 Å². The van der Waals surface area contributed by atoms with Gasteiger partial charge in [-0.25, -0.2) is 0 Å². The van der Waals surface area contributed by atoms with Crippen molar-refractivity contribution in [3.63, 3.8) is 0 Å². The zero-order valence-corrected chi connectivity index (χ0v) is 12.7. The Hall–Kier alpha value is -2.36. The lowest BCUT2D eigenvalue weighted by Crippen LogP contribution is -2.24. The number of carbonyl (C=O) groups excluding carboxylic acids is 1. The zero-order chi connectivity index (χ0) is 15.2. The summed E-state index contributed by atoms with van der Waals surface area (Å²) in [4.78, 5) is 16.5. The van der Waals surface area contributed by atoms with Crippen molar-refractivity contribution in [3.8, 4) is 0 Å². The molecule has 0 unspecified atom stereocenters. The third-order valence-electron chi connectivity index (χ3n) is 3.36. The van der Waals surface area contributed by atoms with Gasteiger partial charge in [0.2, 0.25) is 0 Å². The maximum absolute atomic E-state index is 12.4. The Morgan fingerprint density at radius 1 is 1.24 bits per heavy atom. The van der Waals surface area contributed by atoms with Gasteiger partial charge in [-0.15, -0.1) is 0 Å². The normalized spacial score (nSPS) is 10.2. The van der Waals surface area contributed by atoms with Crippen LogP contribution in [0.15, 0.2) is 36.7 Å². The Labute approximate surface area is 125 Å². The number of nitrogens with zero attached hydrogens (tertiary/aromatic N) is 1. The number of benzene rings is 1. The number of carbonyl (C=O) groups is 1. The highest BCUT2D eigenvalue weighted by molar-refractivity contribution is 5.99. The van der Waals surface area contributed by atoms with E-state index in [0.717, 1.165) is 28.9 Å². The third kappa shape index (κ3) is 3.81. The fourth-order valence-corrected chi connectivity index (χ4v) is 2.16. The molecule has 4 nitrogen and oxygen atoms in total. The van der Waals surface area contributed by atoms with E-state index in [2.05, 4.69) is 15.6 Å². The van der Waals surface area contributed by atoms with E-state index < -0.39 is 0 Å². The van der Waals surface area contributed by atoms with Crippen molar-refractivity contribution < 1.29 is 4.79 Å². The molecule has 2 rings (SSSR count). The number of hydrogen-bond donors (Lipinski definition) is 2. The number of aryl methyl sites for hydroxylation is 2. The molecule has 1 aromatic carbocycles. The molecule has 4 heteroatoms. The summed E-state index contributed by atoms with van der Waals surface area (Å²) in [5.74, 6) is -0.0640. The minimum absolute atomic E-state index is 0.0640. The number of nitrogens with one attached hydrogen (secondary N) is 2. The van der Waals surface area contributed by atoms with Crippen molar-refractivity contribution in [3.05, 3.63) is 58.9 Å². The van der Waals surface area contributed by atoms with E-state index in [-0.39, 0.29) is 5.91 Å². The van der Waals surface area contributed by atoms with Crippen LogP contribution in [0.5, 0.6) is 0 Å². The summed E-state index contributed by atoms with van der Waals surface area (Å²) in [6.45, 7) is 7.28. The first-order chi connectivity index (χ1) is 10.1. The quantitative estimate of drug-likeness (QED) is 0.886. The van der Waals surface area contributed by atoms with Gasteiger partial charge in [-0.1, -0.05) is 11.6 Å². The molecule has 0 fully saturated rings. The molecule has 0 saturated carbocycles. The fourth-order valence-electron chi connectivity index (χ4n) is 2.16. The fraction of sp³-hybridized carbons (Fsp3) is 0.294. The van der Waals surface area contributed by atoms with E-state index >= 15 is 0 Å². The molecular weight excluding hydrogens is 262 g/mol. The van der Waals surface area contributed by atoms with E-state index in [9.17, 15) is 4.79 Å². The Bertz CT molecular complexity index is 638. The third-order valence-corrected chi connectivity index (χ3v) is 3.36. The van der Waals surface area contributed by atoms with Crippen LogP contribution < -0.4 is 10.6 Å². The van der Waals surface area contributed by atoms with Gasteiger partial charge in [-0.05, 0) is 50.1 Å². The van der Waals surface area contributed by atoms with Crippen LogP contribution >= 0.6 is 0 Å². The molecule has 0 radical (unpaired) electrons. The van der Waals surface area contributed by atoms with Gasteiger partial charge >= 0.3 is 0 Å². The zero-order valence-electron chi connectivity index (χ0n) is 12.7. The molecule has 0 spiro atoms. The first-order valence-corrected chi connectivity index (χ1v) is 7.14. The standard InChI is InChI=1S/C17H21N3O/c1-4-19-16-6-5-12(2)9-15(16)17(21)20-11-14-7-8-18-10-13(14)3/h5-10,19H,4,11H2,1-3H3,(H,20,21). The van der Waals surface area contributed by atoms with Crippen LogP contribution in [0.2, 0.25) is 0 Å². The number of hydrogen-bond acceptors (Lipinski definition) is 3. The highest BCUT2D eigenvalue weighted by Gasteiger charge is 2.11. The van der Waals surface area contributed by atoms with E-state index in [4.69, 9.17) is 0 Å². The maximum Gasteiger partial charge on any atom is 0.253 e. The van der Waals surface area contributed by atoms with Gasteiger partial charge in [0, 0.05) is 31.2 Å². The van der Waals surface area contributed by atoms with Gasteiger partial charge in [0.25, 0.3) is 5.91 Å². The van der Waals surface area contributed by atoms with Gasteiger partial charge in [-0.2, -0.15) is 0 Å². The van der Waals surface area contributed by atoms with Crippen LogP contribution in [-0.2, 0) is 6.54 Å². The molecule has 2 N–H and O–H groups in total. The molecule has 0 aliphatic carbocycles. The Morgan fingerprint density at radius 2 is 2.05 bits per heavy atom. The van der Waals surface area contributed by atoms with Crippen LogP contribution in [0.3, 0.4) is 0 Å². The Balaban J connectivity index is 2.13. The molecule has 1 heterocycles. The molecule has 0 aliphatic rings. The summed E-state index contributed by atoms with van der Waals surface area (Å²) in [5, 5.41) is 6.20. The van der Waals surface area contributed by atoms with E-state index in [1.165, 1.54) is 0 Å². The molecule has 110 valence electrons. The predicted molar refractivity (Wildman–Crippen MR) is 85.5 cm³/mol. The van der Waals surface area contributed by atoms with Crippen molar-refractivity contribution in [1.29, 1.82) is 0 Å². The molecule has 2 aromatic rings. The van der Waals surface area contributed by atoms with Gasteiger partial charge < -0.3 is 10.6 Å². The van der Waals surface area contributed by atoms with E-state index in [1.54, 1.807) is 12.4 Å². The second kappa shape index (κ2) is 6.88. The number of amides is 1. The Kier molecular flexibility index (Phi) is 4.93. The monoisotopic (exact) mass is 283 g/mol. The topological polar surface area (TPSA) is 54.0 Å². The minimum Gasteiger partial charge on any atom is -0.385 e. The number of pyridine rings is 1. The summed E-state index contributed by atoms with van der Waals surface area (Å²) < 4.78 is 0. The van der Waals surface area contributed by atoms with Crippen LogP contribution in [-0.4, -0.2) is 17.4 Å². The summed E-state index contributed by atoms with van der Waals surface area (Å²) in [6, 6.07) is 7.79. The summed E-state index contributed by atoms with van der Waals surface area (Å²) in [5.41, 5.74) is 4.78. The first-order valence-electron chi connectivity index (χ1n) is 7.14. The Morgan fingerprint density at radius 3 is 2.76 bits per heavy atom. The van der Waals surface area contributed by atoms with Crippen LogP contribution in [0.25, 0.3) is 0 Å². The average molecular weight is 283 g/mol. The van der Waals surface area contributed by atoms with Crippen molar-refractivity contribution in [2.75, 3.05) is 11.9 Å². The van der Waals surface area contributed by atoms with Crippen molar-refractivity contribution in [2.24, 2.45) is 0 Å². The maximum atomic E-state index is 12.4. The SMILES string of the molecule is CCNc1ccc(C)cc1C(=O)NCc1ccncc1C.